The fraction of sp³-hybridized carbons (Fsp3) is 0.417. The molecule has 0 fully saturated rings. The maximum absolute atomic E-state index is 13.5. The van der Waals surface area contributed by atoms with E-state index in [4.69, 9.17) is 0 Å². The summed E-state index contributed by atoms with van der Waals surface area (Å²) in [5, 5.41) is 11.7. The number of aliphatic hydroxyl groups is 1. The zero-order valence-electron chi connectivity index (χ0n) is 10.8. The van der Waals surface area contributed by atoms with Crippen molar-refractivity contribution in [2.45, 2.75) is 19.4 Å². The topological polar surface area (TPSA) is 52.6 Å². The van der Waals surface area contributed by atoms with Crippen molar-refractivity contribution in [1.29, 1.82) is 0 Å². The quantitative estimate of drug-likeness (QED) is 0.891. The lowest BCUT2D eigenvalue weighted by molar-refractivity contribution is 0.0550. The maximum atomic E-state index is 13.5. The molecule has 2 N–H and O–H groups in total. The summed E-state index contributed by atoms with van der Waals surface area (Å²) < 4.78 is 27.3. The molecule has 1 rings (SSSR count). The largest absolute Gasteiger partial charge is 0.389 e. The minimum atomic E-state index is -1.09. The average Bonchev–Trinajstić information content (AvgIpc) is 2.20. The van der Waals surface area contributed by atoms with Crippen LogP contribution in [-0.4, -0.2) is 35.2 Å². The van der Waals surface area contributed by atoms with Gasteiger partial charge < -0.3 is 15.3 Å². The van der Waals surface area contributed by atoms with Crippen LogP contribution in [0.4, 0.5) is 19.3 Å². The molecule has 0 aromatic heterocycles. The lowest BCUT2D eigenvalue weighted by atomic mass is 10.1. The first-order valence-corrected chi connectivity index (χ1v) is 6.28. The minimum Gasteiger partial charge on any atom is -0.389 e. The summed E-state index contributed by atoms with van der Waals surface area (Å²) in [7, 11) is 1.42. The zero-order valence-corrected chi connectivity index (χ0v) is 12.4. The number of hydrogen-bond donors (Lipinski definition) is 2. The molecule has 2 amide bonds. The van der Waals surface area contributed by atoms with Crippen LogP contribution in [0.1, 0.15) is 13.8 Å². The van der Waals surface area contributed by atoms with Crippen molar-refractivity contribution >= 4 is 27.6 Å². The number of anilines is 1. The van der Waals surface area contributed by atoms with Gasteiger partial charge in [0.25, 0.3) is 0 Å². The first kappa shape index (κ1) is 15.8. The van der Waals surface area contributed by atoms with Crippen LogP contribution in [0.25, 0.3) is 0 Å². The van der Waals surface area contributed by atoms with Crippen molar-refractivity contribution in [2.24, 2.45) is 0 Å². The Morgan fingerprint density at radius 2 is 1.89 bits per heavy atom. The fourth-order valence-electron chi connectivity index (χ4n) is 1.52. The summed E-state index contributed by atoms with van der Waals surface area (Å²) in [4.78, 5) is 12.9. The second-order valence-electron chi connectivity index (χ2n) is 4.84. The molecule has 0 spiro atoms. The Morgan fingerprint density at radius 1 is 1.42 bits per heavy atom. The van der Waals surface area contributed by atoms with Gasteiger partial charge in [0.1, 0.15) is 5.69 Å². The number of nitrogens with one attached hydrogen (secondary N) is 1. The Hall–Kier alpha value is -1.21. The molecule has 1 aromatic rings. The van der Waals surface area contributed by atoms with E-state index in [-0.39, 0.29) is 11.0 Å². The lowest BCUT2D eigenvalue weighted by Crippen LogP contribution is -2.41. The summed E-state index contributed by atoms with van der Waals surface area (Å²) in [5.74, 6) is -1.76. The third-order valence-electron chi connectivity index (χ3n) is 2.21. The number of halogens is 3. The highest BCUT2D eigenvalue weighted by Crippen LogP contribution is 2.24. The van der Waals surface area contributed by atoms with Crippen molar-refractivity contribution in [2.75, 3.05) is 18.9 Å². The average molecular weight is 337 g/mol. The van der Waals surface area contributed by atoms with Gasteiger partial charge in [-0.25, -0.2) is 13.6 Å². The van der Waals surface area contributed by atoms with Crippen molar-refractivity contribution in [3.05, 3.63) is 28.2 Å². The third kappa shape index (κ3) is 4.76. The number of nitrogens with zero attached hydrogens (tertiary/aromatic N) is 1. The molecular formula is C12H15BrF2N2O2. The molecular weight excluding hydrogens is 322 g/mol. The Kier molecular flexibility index (Phi) is 4.86. The summed E-state index contributed by atoms with van der Waals surface area (Å²) in [5.41, 5.74) is -1.61. The van der Waals surface area contributed by atoms with Crippen molar-refractivity contribution in [1.82, 2.24) is 4.90 Å². The van der Waals surface area contributed by atoms with E-state index in [1.807, 2.05) is 0 Å². The number of urea groups is 1. The van der Waals surface area contributed by atoms with Gasteiger partial charge >= 0.3 is 6.03 Å². The molecule has 106 valence electrons. The van der Waals surface area contributed by atoms with Crippen LogP contribution in [-0.2, 0) is 0 Å². The predicted octanol–water partition coefficient (Wildman–Crippen LogP) is 2.96. The number of carbonyl (C=O) groups excluding carboxylic acids is 1. The first-order valence-electron chi connectivity index (χ1n) is 5.49. The second kappa shape index (κ2) is 5.83. The van der Waals surface area contributed by atoms with E-state index in [0.29, 0.717) is 0 Å². The van der Waals surface area contributed by atoms with E-state index in [9.17, 15) is 18.7 Å². The van der Waals surface area contributed by atoms with Crippen LogP contribution in [0, 0.1) is 11.6 Å². The molecule has 0 aliphatic rings. The van der Waals surface area contributed by atoms with E-state index in [2.05, 4.69) is 21.2 Å². The Balaban J connectivity index is 2.83. The molecule has 0 aliphatic heterocycles. The monoisotopic (exact) mass is 336 g/mol. The number of carbonyl (C=O) groups is 1. The molecule has 0 radical (unpaired) electrons. The molecule has 7 heteroatoms. The maximum Gasteiger partial charge on any atom is 0.321 e. The summed E-state index contributed by atoms with van der Waals surface area (Å²) in [6.45, 7) is 3.08. The molecule has 0 atom stereocenters. The third-order valence-corrected chi connectivity index (χ3v) is 2.67. The smallest absolute Gasteiger partial charge is 0.321 e. The summed E-state index contributed by atoms with van der Waals surface area (Å²) in [6, 6.07) is 1.39. The molecule has 0 heterocycles. The van der Waals surface area contributed by atoms with Gasteiger partial charge in [-0.05, 0) is 26.0 Å². The van der Waals surface area contributed by atoms with Crippen LogP contribution in [0.15, 0.2) is 16.6 Å². The first-order chi connectivity index (χ1) is 8.60. The van der Waals surface area contributed by atoms with Crippen LogP contribution >= 0.6 is 15.9 Å². The van der Waals surface area contributed by atoms with E-state index in [1.54, 1.807) is 0 Å². The van der Waals surface area contributed by atoms with E-state index >= 15 is 0 Å². The zero-order chi connectivity index (χ0) is 14.8. The molecule has 19 heavy (non-hydrogen) atoms. The minimum absolute atomic E-state index is 0.0264. The highest BCUT2D eigenvalue weighted by molar-refractivity contribution is 9.10. The van der Waals surface area contributed by atoms with E-state index < -0.39 is 29.0 Å². The van der Waals surface area contributed by atoms with Gasteiger partial charge in [-0.1, -0.05) is 15.9 Å². The standard InChI is InChI=1S/C12H15BrF2N2O2/c1-12(2,19)6-17(3)11(18)16-10-8(14)4-7(13)5-9(10)15/h4-5,19H,6H2,1-3H3,(H,16,18). The highest BCUT2D eigenvalue weighted by Gasteiger charge is 2.21. The summed E-state index contributed by atoms with van der Waals surface area (Å²) in [6.07, 6.45) is 0. The van der Waals surface area contributed by atoms with Gasteiger partial charge in [-0.3, -0.25) is 0 Å². The molecule has 0 saturated carbocycles. The Morgan fingerprint density at radius 3 is 2.32 bits per heavy atom. The van der Waals surface area contributed by atoms with Crippen LogP contribution in [0.3, 0.4) is 0 Å². The predicted molar refractivity (Wildman–Crippen MR) is 72.0 cm³/mol. The van der Waals surface area contributed by atoms with Gasteiger partial charge in [0, 0.05) is 11.5 Å². The van der Waals surface area contributed by atoms with Crippen LogP contribution < -0.4 is 5.32 Å². The molecule has 0 bridgehead atoms. The normalized spacial score (nSPS) is 11.3. The fourth-order valence-corrected chi connectivity index (χ4v) is 1.92. The van der Waals surface area contributed by atoms with Gasteiger partial charge in [0.2, 0.25) is 0 Å². The lowest BCUT2D eigenvalue weighted by Gasteiger charge is -2.25. The SMILES string of the molecule is CN(CC(C)(C)O)C(=O)Nc1c(F)cc(Br)cc1F. The molecule has 4 nitrogen and oxygen atoms in total. The molecule has 0 aliphatic carbocycles. The number of likely N-dealkylation sites (N-methyl/N-ethyl adjacent to an activating group) is 1. The van der Waals surface area contributed by atoms with Gasteiger partial charge in [-0.15, -0.1) is 0 Å². The van der Waals surface area contributed by atoms with Gasteiger partial charge in [-0.2, -0.15) is 0 Å². The second-order valence-corrected chi connectivity index (χ2v) is 5.76. The Bertz CT molecular complexity index is 466. The number of benzene rings is 1. The van der Waals surface area contributed by atoms with Gasteiger partial charge in [0.15, 0.2) is 11.6 Å². The number of rotatable bonds is 3. The van der Waals surface area contributed by atoms with Crippen LogP contribution in [0.5, 0.6) is 0 Å². The molecule has 1 aromatic carbocycles. The molecule has 0 saturated heterocycles. The summed E-state index contributed by atoms with van der Waals surface area (Å²) >= 11 is 2.95. The molecule has 0 unspecified atom stereocenters. The Labute approximate surface area is 118 Å². The number of hydrogen-bond acceptors (Lipinski definition) is 2. The van der Waals surface area contributed by atoms with Crippen molar-refractivity contribution < 1.29 is 18.7 Å². The van der Waals surface area contributed by atoms with Crippen LogP contribution in [0.2, 0.25) is 0 Å². The van der Waals surface area contributed by atoms with E-state index in [0.717, 1.165) is 17.0 Å². The van der Waals surface area contributed by atoms with Crippen molar-refractivity contribution in [3.8, 4) is 0 Å². The van der Waals surface area contributed by atoms with Gasteiger partial charge in [0.05, 0.1) is 12.1 Å². The highest BCUT2D eigenvalue weighted by atomic mass is 79.9. The van der Waals surface area contributed by atoms with Crippen molar-refractivity contribution in [3.63, 3.8) is 0 Å². The number of amides is 2. The van der Waals surface area contributed by atoms with E-state index in [1.165, 1.54) is 20.9 Å².